The van der Waals surface area contributed by atoms with Crippen LogP contribution >= 0.6 is 11.6 Å². The summed E-state index contributed by atoms with van der Waals surface area (Å²) in [5.41, 5.74) is 0.984. The molecule has 0 unspecified atom stereocenters. The minimum absolute atomic E-state index is 0. The van der Waals surface area contributed by atoms with Crippen LogP contribution in [0.3, 0.4) is 0 Å². The van der Waals surface area contributed by atoms with E-state index >= 15 is 0 Å². The van der Waals surface area contributed by atoms with Gasteiger partial charge in [0.25, 0.3) is 0 Å². The molecule has 0 saturated heterocycles. The normalized spacial score (nSPS) is 18.9. The van der Waals surface area contributed by atoms with Gasteiger partial charge in [-0.25, -0.2) is 8.42 Å². The van der Waals surface area contributed by atoms with E-state index < -0.39 is 38.5 Å². The van der Waals surface area contributed by atoms with Crippen molar-refractivity contribution in [3.8, 4) is 0 Å². The molecule has 6 nitrogen and oxygen atoms in total. The van der Waals surface area contributed by atoms with Crippen LogP contribution in [0.4, 0.5) is 13.2 Å². The van der Waals surface area contributed by atoms with Crippen molar-refractivity contribution in [2.45, 2.75) is 43.3 Å². The summed E-state index contributed by atoms with van der Waals surface area (Å²) in [6, 6.07) is 10.2. The Kier molecular flexibility index (Phi) is 10.4. The van der Waals surface area contributed by atoms with E-state index in [0.29, 0.717) is 42.3 Å². The van der Waals surface area contributed by atoms with Gasteiger partial charge in [0.15, 0.2) is 0 Å². The van der Waals surface area contributed by atoms with E-state index in [4.69, 9.17) is 11.6 Å². The van der Waals surface area contributed by atoms with Crippen LogP contribution in [0.1, 0.15) is 36.8 Å². The average molecular weight is 527 g/mol. The number of nitrogens with one attached hydrogen (secondary N) is 1. The third kappa shape index (κ3) is 7.43. The molecule has 1 aliphatic rings. The number of hydrogen-bond acceptors (Lipinski definition) is 4. The molecule has 0 radical (unpaired) electrons. The van der Waals surface area contributed by atoms with Gasteiger partial charge in [-0.2, -0.15) is 17.5 Å². The Balaban J connectivity index is 0.00000408. The first-order valence-electron chi connectivity index (χ1n) is 10.3. The summed E-state index contributed by atoms with van der Waals surface area (Å²) < 4.78 is 67.5. The Morgan fingerprint density at radius 3 is 2.26 bits per heavy atom. The first-order chi connectivity index (χ1) is 15.5. The average Bonchev–Trinajstić information content (AvgIpc) is 2.79. The second-order valence-electron chi connectivity index (χ2n) is 8.13. The Labute approximate surface area is 223 Å². The molecule has 1 saturated carbocycles. The van der Waals surface area contributed by atoms with Crippen LogP contribution in [0, 0.1) is 17.0 Å². The van der Waals surface area contributed by atoms with Crippen LogP contribution in [0.25, 0.3) is 0 Å². The van der Waals surface area contributed by atoms with Gasteiger partial charge in [0, 0.05) is 24.0 Å². The first-order valence-corrected chi connectivity index (χ1v) is 12.2. The number of hydroxylamine groups is 1. The van der Waals surface area contributed by atoms with Crippen molar-refractivity contribution in [2.75, 3.05) is 6.54 Å². The molecule has 0 aliphatic heterocycles. The maximum atomic E-state index is 13.4. The number of alkyl halides is 3. The van der Waals surface area contributed by atoms with Gasteiger partial charge >= 0.3 is 35.7 Å². The molecule has 2 aromatic rings. The SMILES string of the molecule is O=C(N[O-])C1CCC(CN(Cc2ccc(Cl)cc2)S(=O)(=O)c2cccc(C(F)(F)F)c2)CC1.[Na+]. The van der Waals surface area contributed by atoms with Crippen LogP contribution < -0.4 is 35.0 Å². The zero-order valence-electron chi connectivity index (χ0n) is 18.5. The number of amides is 1. The maximum Gasteiger partial charge on any atom is 1.00 e. The van der Waals surface area contributed by atoms with Gasteiger partial charge in [-0.3, -0.25) is 4.79 Å². The van der Waals surface area contributed by atoms with E-state index in [0.717, 1.165) is 18.2 Å². The molecule has 0 spiro atoms. The minimum Gasteiger partial charge on any atom is -0.759 e. The van der Waals surface area contributed by atoms with Crippen molar-refractivity contribution in [1.29, 1.82) is 0 Å². The van der Waals surface area contributed by atoms with Gasteiger partial charge in [0.1, 0.15) is 0 Å². The van der Waals surface area contributed by atoms with E-state index in [-0.39, 0.29) is 48.6 Å². The van der Waals surface area contributed by atoms with E-state index in [1.165, 1.54) is 9.79 Å². The van der Waals surface area contributed by atoms with Crippen molar-refractivity contribution in [3.05, 3.63) is 69.9 Å². The van der Waals surface area contributed by atoms with E-state index in [1.54, 1.807) is 24.3 Å². The maximum absolute atomic E-state index is 13.4. The number of benzene rings is 2. The van der Waals surface area contributed by atoms with Crippen molar-refractivity contribution < 1.29 is 55.9 Å². The summed E-state index contributed by atoms with van der Waals surface area (Å²) in [5.74, 6) is -1.10. The summed E-state index contributed by atoms with van der Waals surface area (Å²) in [5, 5.41) is 11.1. The van der Waals surface area contributed by atoms with Crippen LogP contribution in [0.15, 0.2) is 53.4 Å². The molecule has 0 bridgehead atoms. The molecule has 0 atom stereocenters. The van der Waals surface area contributed by atoms with Crippen molar-refractivity contribution in [3.63, 3.8) is 0 Å². The molecular formula is C22H23ClF3N2NaO4S. The second kappa shape index (κ2) is 12.2. The Bertz CT molecular complexity index is 1080. The van der Waals surface area contributed by atoms with E-state index in [9.17, 15) is 31.6 Å². The van der Waals surface area contributed by atoms with Gasteiger partial charge in [-0.1, -0.05) is 29.8 Å². The molecule has 1 amide bonds. The van der Waals surface area contributed by atoms with Crippen molar-refractivity contribution >= 4 is 27.5 Å². The largest absolute Gasteiger partial charge is 1.00 e. The summed E-state index contributed by atoms with van der Waals surface area (Å²) in [4.78, 5) is 11.1. The van der Waals surface area contributed by atoms with Crippen LogP contribution in [-0.2, 0) is 27.5 Å². The smallest absolute Gasteiger partial charge is 0.759 e. The van der Waals surface area contributed by atoms with Gasteiger partial charge < -0.3 is 10.7 Å². The molecule has 1 N–H and O–H groups in total. The van der Waals surface area contributed by atoms with E-state index in [2.05, 4.69) is 0 Å². The summed E-state index contributed by atoms with van der Waals surface area (Å²) in [6.07, 6.45) is -2.75. The molecule has 180 valence electrons. The number of carbonyl (C=O) groups excluding carboxylic acids is 1. The van der Waals surface area contributed by atoms with Gasteiger partial charge in [0.2, 0.25) is 15.9 Å². The van der Waals surface area contributed by atoms with Crippen LogP contribution in [-0.4, -0.2) is 25.2 Å². The first kappa shape index (κ1) is 29.1. The monoisotopic (exact) mass is 526 g/mol. The third-order valence-corrected chi connectivity index (χ3v) is 7.91. The zero-order chi connectivity index (χ0) is 24.2. The summed E-state index contributed by atoms with van der Waals surface area (Å²) in [7, 11) is -4.25. The quantitative estimate of drug-likeness (QED) is 0.441. The molecule has 1 fully saturated rings. The number of halogens is 4. The van der Waals surface area contributed by atoms with Crippen LogP contribution in [0.5, 0.6) is 0 Å². The second-order valence-corrected chi connectivity index (χ2v) is 10.5. The molecule has 12 heteroatoms. The molecule has 3 rings (SSSR count). The molecule has 2 aromatic carbocycles. The minimum atomic E-state index is -4.67. The fourth-order valence-electron chi connectivity index (χ4n) is 4.00. The Hall–Kier alpha value is -1.14. The predicted molar refractivity (Wildman–Crippen MR) is 117 cm³/mol. The Morgan fingerprint density at radius 2 is 1.71 bits per heavy atom. The fraction of sp³-hybridized carbons (Fsp3) is 0.409. The van der Waals surface area contributed by atoms with Crippen LogP contribution in [0.2, 0.25) is 5.02 Å². The van der Waals surface area contributed by atoms with Gasteiger partial charge in [-0.05, 0) is 67.5 Å². The molecule has 34 heavy (non-hydrogen) atoms. The number of hydrogen-bond donors (Lipinski definition) is 1. The molecule has 0 heterocycles. The topological polar surface area (TPSA) is 89.5 Å². The summed E-state index contributed by atoms with van der Waals surface area (Å²) >= 11 is 5.91. The molecular weight excluding hydrogens is 504 g/mol. The number of rotatable bonds is 7. The zero-order valence-corrected chi connectivity index (χ0v) is 22.1. The molecule has 0 aromatic heterocycles. The number of sulfonamides is 1. The molecule has 1 aliphatic carbocycles. The Morgan fingerprint density at radius 1 is 1.09 bits per heavy atom. The van der Waals surface area contributed by atoms with Gasteiger partial charge in [-0.15, -0.1) is 0 Å². The number of carbonyl (C=O) groups is 1. The fourth-order valence-corrected chi connectivity index (χ4v) is 5.68. The summed E-state index contributed by atoms with van der Waals surface area (Å²) in [6.45, 7) is 0.0314. The van der Waals surface area contributed by atoms with E-state index in [1.807, 2.05) is 0 Å². The predicted octanol–water partition coefficient (Wildman–Crippen LogP) is 1.97. The number of nitrogens with zero attached hydrogens (tertiary/aromatic N) is 1. The van der Waals surface area contributed by atoms with Crippen molar-refractivity contribution in [2.24, 2.45) is 11.8 Å². The standard InChI is InChI=1S/C22H23ClF3N2O4S.Na/c23-19-10-6-16(7-11-19)14-28(13-15-4-8-17(9-5-15)21(29)27-30)33(31,32)20-3-1-2-18(12-20)22(24,25)26;/h1-3,6-7,10-12,15,17H,4-5,8-9,13-14H2,(H-,27,29,30);/q-1;+1. The third-order valence-electron chi connectivity index (χ3n) is 5.85. The van der Waals surface area contributed by atoms with Gasteiger partial charge in [0.05, 0.1) is 10.5 Å². The van der Waals surface area contributed by atoms with Crippen molar-refractivity contribution in [1.82, 2.24) is 9.79 Å².